The Morgan fingerprint density at radius 2 is 1.76 bits per heavy atom. The zero-order valence-corrected chi connectivity index (χ0v) is 19.7. The van der Waals surface area contributed by atoms with E-state index in [1.54, 1.807) is 73.8 Å². The summed E-state index contributed by atoms with van der Waals surface area (Å²) in [6.45, 7) is 0.136. The largest absolute Gasteiger partial charge is 0.496 e. The first kappa shape index (κ1) is 23.1. The number of amides is 2. The molecule has 2 N–H and O–H groups in total. The van der Waals surface area contributed by atoms with Crippen molar-refractivity contribution < 1.29 is 23.8 Å². The van der Waals surface area contributed by atoms with Crippen molar-refractivity contribution >= 4 is 40.0 Å². The molecule has 4 rings (SSSR count). The van der Waals surface area contributed by atoms with Crippen molar-refractivity contribution in [3.05, 3.63) is 93.6 Å². The van der Waals surface area contributed by atoms with Crippen LogP contribution in [0.4, 0.5) is 0 Å². The third-order valence-electron chi connectivity index (χ3n) is 4.79. The lowest BCUT2D eigenvalue weighted by atomic mass is 10.1. The highest BCUT2D eigenvalue weighted by Gasteiger charge is 2.17. The lowest BCUT2D eigenvalue weighted by Gasteiger charge is -2.09. The number of nitrogens with zero attached hydrogens (tertiary/aromatic N) is 1. The fraction of sp³-hybridized carbons (Fsp3) is 0.0800. The Bertz CT molecular complexity index is 1270. The van der Waals surface area contributed by atoms with E-state index in [2.05, 4.69) is 31.8 Å². The summed E-state index contributed by atoms with van der Waals surface area (Å²) in [6.07, 6.45) is 3.02. The number of carbonyl (C=O) groups excluding carboxylic acids is 2. The van der Waals surface area contributed by atoms with Gasteiger partial charge in [0.15, 0.2) is 11.5 Å². The number of benzene rings is 3. The van der Waals surface area contributed by atoms with E-state index in [0.29, 0.717) is 28.4 Å². The summed E-state index contributed by atoms with van der Waals surface area (Å²) < 4.78 is 16.7. The van der Waals surface area contributed by atoms with Crippen molar-refractivity contribution in [2.45, 2.75) is 0 Å². The molecule has 2 amide bonds. The highest BCUT2D eigenvalue weighted by Crippen LogP contribution is 2.33. The average Bonchev–Trinajstić information content (AvgIpc) is 3.32. The Hall–Kier alpha value is -4.11. The van der Waals surface area contributed by atoms with E-state index in [9.17, 15) is 9.59 Å². The number of carbonyl (C=O) groups is 2. The summed E-state index contributed by atoms with van der Waals surface area (Å²) in [5.74, 6) is 0.841. The second-order valence-corrected chi connectivity index (χ2v) is 7.94. The zero-order valence-electron chi connectivity index (χ0n) is 18.1. The van der Waals surface area contributed by atoms with Crippen LogP contribution >= 0.6 is 15.9 Å². The predicted octanol–water partition coefficient (Wildman–Crippen LogP) is 4.11. The molecule has 0 bridgehead atoms. The van der Waals surface area contributed by atoms with Gasteiger partial charge >= 0.3 is 0 Å². The van der Waals surface area contributed by atoms with Crippen LogP contribution < -0.4 is 25.0 Å². The predicted molar refractivity (Wildman–Crippen MR) is 131 cm³/mol. The molecule has 0 saturated carbocycles. The SMILES string of the molecule is COc1ccc(/C=N/NC(=O)/C(=C\c2ccc3c(c2)OCO3)NC(=O)c2ccccc2)cc1Br. The number of rotatable bonds is 7. The molecule has 0 spiro atoms. The van der Waals surface area contributed by atoms with Crippen LogP contribution in [-0.2, 0) is 4.79 Å². The molecule has 0 aromatic heterocycles. The van der Waals surface area contributed by atoms with Gasteiger partial charge in [-0.3, -0.25) is 9.59 Å². The number of nitrogens with one attached hydrogen (secondary N) is 2. The Kier molecular flexibility index (Phi) is 7.24. The van der Waals surface area contributed by atoms with Crippen molar-refractivity contribution in [2.75, 3.05) is 13.9 Å². The van der Waals surface area contributed by atoms with Crippen LogP contribution in [0.1, 0.15) is 21.5 Å². The second kappa shape index (κ2) is 10.7. The first-order valence-electron chi connectivity index (χ1n) is 10.2. The van der Waals surface area contributed by atoms with Crippen LogP contribution in [-0.4, -0.2) is 31.9 Å². The molecule has 34 heavy (non-hydrogen) atoms. The molecule has 0 fully saturated rings. The van der Waals surface area contributed by atoms with Gasteiger partial charge in [-0.25, -0.2) is 5.43 Å². The fourth-order valence-corrected chi connectivity index (χ4v) is 3.66. The molecule has 172 valence electrons. The van der Waals surface area contributed by atoms with Gasteiger partial charge in [0, 0.05) is 5.56 Å². The van der Waals surface area contributed by atoms with Gasteiger partial charge in [-0.2, -0.15) is 5.10 Å². The fourth-order valence-electron chi connectivity index (χ4n) is 3.10. The molecule has 1 aliphatic heterocycles. The van der Waals surface area contributed by atoms with Gasteiger partial charge in [0.25, 0.3) is 11.8 Å². The minimum Gasteiger partial charge on any atom is -0.496 e. The number of ether oxygens (including phenoxy) is 3. The summed E-state index contributed by atoms with van der Waals surface area (Å²) in [5, 5.41) is 6.68. The van der Waals surface area contributed by atoms with E-state index < -0.39 is 11.8 Å². The van der Waals surface area contributed by atoms with E-state index in [4.69, 9.17) is 14.2 Å². The van der Waals surface area contributed by atoms with Crippen molar-refractivity contribution in [1.82, 2.24) is 10.7 Å². The Balaban J connectivity index is 1.54. The molecule has 3 aromatic rings. The lowest BCUT2D eigenvalue weighted by molar-refractivity contribution is -0.117. The van der Waals surface area contributed by atoms with E-state index in [1.807, 2.05) is 0 Å². The number of hydrogen-bond acceptors (Lipinski definition) is 6. The molecule has 0 saturated heterocycles. The smallest absolute Gasteiger partial charge is 0.287 e. The molecule has 0 radical (unpaired) electrons. The molecule has 0 aliphatic carbocycles. The molecular formula is C25H20BrN3O5. The van der Waals surface area contributed by atoms with E-state index >= 15 is 0 Å². The first-order chi connectivity index (χ1) is 16.5. The Labute approximate surface area is 204 Å². The molecule has 8 nitrogen and oxygen atoms in total. The lowest BCUT2D eigenvalue weighted by Crippen LogP contribution is -2.32. The molecule has 1 aliphatic rings. The van der Waals surface area contributed by atoms with E-state index in [-0.39, 0.29) is 12.5 Å². The monoisotopic (exact) mass is 521 g/mol. The number of fused-ring (bicyclic) bond motifs is 1. The summed E-state index contributed by atoms with van der Waals surface area (Å²) in [5.41, 5.74) is 4.27. The van der Waals surface area contributed by atoms with E-state index in [0.717, 1.165) is 10.0 Å². The first-order valence-corrected chi connectivity index (χ1v) is 11.0. The maximum atomic E-state index is 12.9. The summed E-state index contributed by atoms with van der Waals surface area (Å²) in [4.78, 5) is 25.6. The van der Waals surface area contributed by atoms with Crippen molar-refractivity contribution in [2.24, 2.45) is 5.10 Å². The number of hydrazone groups is 1. The van der Waals surface area contributed by atoms with Crippen LogP contribution in [0.25, 0.3) is 6.08 Å². The highest BCUT2D eigenvalue weighted by atomic mass is 79.9. The number of halogens is 1. The van der Waals surface area contributed by atoms with Gasteiger partial charge in [0.05, 0.1) is 17.8 Å². The second-order valence-electron chi connectivity index (χ2n) is 7.08. The van der Waals surface area contributed by atoms with Gasteiger partial charge in [0.2, 0.25) is 6.79 Å². The summed E-state index contributed by atoms with van der Waals surface area (Å²) in [6, 6.07) is 19.2. The van der Waals surface area contributed by atoms with Crippen LogP contribution in [0.3, 0.4) is 0 Å². The topological polar surface area (TPSA) is 98.2 Å². The van der Waals surface area contributed by atoms with Gasteiger partial charge in [-0.15, -0.1) is 0 Å². The molecule has 1 heterocycles. The third kappa shape index (κ3) is 5.62. The molecule has 0 atom stereocenters. The average molecular weight is 522 g/mol. The van der Waals surface area contributed by atoms with Gasteiger partial charge < -0.3 is 19.5 Å². The molecular weight excluding hydrogens is 502 g/mol. The van der Waals surface area contributed by atoms with Gasteiger partial charge in [-0.05, 0) is 75.6 Å². The van der Waals surface area contributed by atoms with Crippen molar-refractivity contribution in [3.63, 3.8) is 0 Å². The normalized spacial score (nSPS) is 12.5. The number of hydrogen-bond donors (Lipinski definition) is 2. The van der Waals surface area contributed by atoms with Crippen LogP contribution in [0, 0.1) is 0 Å². The maximum Gasteiger partial charge on any atom is 0.287 e. The molecule has 9 heteroatoms. The van der Waals surface area contributed by atoms with Crippen LogP contribution in [0.2, 0.25) is 0 Å². The zero-order chi connectivity index (χ0) is 23.9. The maximum absolute atomic E-state index is 12.9. The van der Waals surface area contributed by atoms with Crippen LogP contribution in [0.5, 0.6) is 17.2 Å². The highest BCUT2D eigenvalue weighted by molar-refractivity contribution is 9.10. The third-order valence-corrected chi connectivity index (χ3v) is 5.41. The minimum atomic E-state index is -0.592. The summed E-state index contributed by atoms with van der Waals surface area (Å²) >= 11 is 3.41. The molecule has 0 unspecified atom stereocenters. The quantitative estimate of drug-likeness (QED) is 0.277. The summed E-state index contributed by atoms with van der Waals surface area (Å²) in [7, 11) is 1.58. The molecule has 3 aromatic carbocycles. The standard InChI is InChI=1S/C25H20BrN3O5/c1-32-21-9-8-17(11-19(21)26)14-27-29-25(31)20(28-24(30)18-5-3-2-4-6-18)12-16-7-10-22-23(13-16)34-15-33-22/h2-14H,15H2,1H3,(H,28,30)(H,29,31)/b20-12+,27-14+. The number of methoxy groups -OCH3 is 1. The van der Waals surface area contributed by atoms with Crippen molar-refractivity contribution in [3.8, 4) is 17.2 Å². The van der Waals surface area contributed by atoms with Gasteiger partial charge in [-0.1, -0.05) is 24.3 Å². The van der Waals surface area contributed by atoms with Crippen molar-refractivity contribution in [1.29, 1.82) is 0 Å². The minimum absolute atomic E-state index is 0.0146. The van der Waals surface area contributed by atoms with Gasteiger partial charge in [0.1, 0.15) is 11.4 Å². The van der Waals surface area contributed by atoms with Crippen LogP contribution in [0.15, 0.2) is 82.0 Å². The van der Waals surface area contributed by atoms with E-state index in [1.165, 1.54) is 12.3 Å². The Morgan fingerprint density at radius 1 is 1.00 bits per heavy atom. The Morgan fingerprint density at radius 3 is 2.53 bits per heavy atom.